The molecular formula is C10H14N2S. The maximum absolute atomic E-state index is 5.46. The van der Waals surface area contributed by atoms with Crippen molar-refractivity contribution in [2.45, 2.75) is 25.8 Å². The van der Waals surface area contributed by atoms with Crippen LogP contribution in [0.15, 0.2) is 10.8 Å². The lowest BCUT2D eigenvalue weighted by molar-refractivity contribution is 0.523. The van der Waals surface area contributed by atoms with Gasteiger partial charge in [0.05, 0.1) is 0 Å². The van der Waals surface area contributed by atoms with Gasteiger partial charge in [-0.25, -0.2) is 0 Å². The standard InChI is InChI=1S/C10H14N2S/c1-3-4-5-10(12-11)9-7-13-6-8(9)2/h1,6-7,10,12H,4-5,11H2,2H3. The Balaban J connectivity index is 2.68. The van der Waals surface area contributed by atoms with E-state index in [0.29, 0.717) is 0 Å². The van der Waals surface area contributed by atoms with E-state index in [9.17, 15) is 0 Å². The lowest BCUT2D eigenvalue weighted by Crippen LogP contribution is -2.28. The first-order chi connectivity index (χ1) is 6.29. The van der Waals surface area contributed by atoms with Gasteiger partial charge in [0.25, 0.3) is 0 Å². The van der Waals surface area contributed by atoms with Crippen LogP contribution in [-0.2, 0) is 0 Å². The molecule has 0 radical (unpaired) electrons. The fraction of sp³-hybridized carbons (Fsp3) is 0.400. The predicted molar refractivity (Wildman–Crippen MR) is 57.2 cm³/mol. The summed E-state index contributed by atoms with van der Waals surface area (Å²) in [5, 5.41) is 4.24. The van der Waals surface area contributed by atoms with E-state index in [1.807, 2.05) is 0 Å². The fourth-order valence-electron chi connectivity index (χ4n) is 1.28. The predicted octanol–water partition coefficient (Wildman–Crippen LogP) is 1.97. The Kier molecular flexibility index (Phi) is 3.97. The highest BCUT2D eigenvalue weighted by Crippen LogP contribution is 2.24. The molecule has 0 fully saturated rings. The van der Waals surface area contributed by atoms with E-state index in [-0.39, 0.29) is 6.04 Å². The summed E-state index contributed by atoms with van der Waals surface area (Å²) in [6.07, 6.45) is 6.85. The molecule has 0 aliphatic rings. The first kappa shape index (κ1) is 10.3. The maximum Gasteiger partial charge on any atom is 0.0479 e. The van der Waals surface area contributed by atoms with Crippen LogP contribution in [0.3, 0.4) is 0 Å². The van der Waals surface area contributed by atoms with Crippen molar-refractivity contribution < 1.29 is 0 Å². The van der Waals surface area contributed by atoms with Crippen LogP contribution in [0.4, 0.5) is 0 Å². The molecule has 0 spiro atoms. The summed E-state index contributed by atoms with van der Waals surface area (Å²) in [7, 11) is 0. The molecule has 0 aromatic carbocycles. The molecule has 0 amide bonds. The number of nitrogens with one attached hydrogen (secondary N) is 1. The molecule has 3 N–H and O–H groups in total. The van der Waals surface area contributed by atoms with Crippen molar-refractivity contribution in [2.24, 2.45) is 5.84 Å². The van der Waals surface area contributed by atoms with Gasteiger partial charge in [0, 0.05) is 12.5 Å². The molecule has 1 atom stereocenters. The Morgan fingerprint density at radius 1 is 1.69 bits per heavy atom. The van der Waals surface area contributed by atoms with Gasteiger partial charge in [-0.3, -0.25) is 11.3 Å². The van der Waals surface area contributed by atoms with Gasteiger partial charge in [-0.05, 0) is 35.2 Å². The minimum absolute atomic E-state index is 0.197. The van der Waals surface area contributed by atoms with Crippen molar-refractivity contribution in [3.8, 4) is 12.3 Å². The van der Waals surface area contributed by atoms with E-state index in [0.717, 1.165) is 12.8 Å². The molecule has 0 aliphatic carbocycles. The molecule has 2 nitrogen and oxygen atoms in total. The van der Waals surface area contributed by atoms with Gasteiger partial charge in [0.15, 0.2) is 0 Å². The molecule has 0 saturated carbocycles. The SMILES string of the molecule is C#CCCC(NN)c1cscc1C. The third-order valence-corrected chi connectivity index (χ3v) is 2.93. The highest BCUT2D eigenvalue weighted by atomic mass is 32.1. The smallest absolute Gasteiger partial charge is 0.0479 e. The van der Waals surface area contributed by atoms with Crippen LogP contribution in [-0.4, -0.2) is 0 Å². The third-order valence-electron chi connectivity index (χ3n) is 2.05. The van der Waals surface area contributed by atoms with Gasteiger partial charge in [-0.2, -0.15) is 11.3 Å². The molecule has 3 heteroatoms. The second-order valence-corrected chi connectivity index (χ2v) is 3.72. The normalized spacial score (nSPS) is 12.4. The van der Waals surface area contributed by atoms with Crippen LogP contribution < -0.4 is 11.3 Å². The average Bonchev–Trinajstić information content (AvgIpc) is 2.54. The zero-order chi connectivity index (χ0) is 9.68. The molecule has 1 aromatic rings. The van der Waals surface area contributed by atoms with Crippen LogP contribution >= 0.6 is 11.3 Å². The monoisotopic (exact) mass is 194 g/mol. The van der Waals surface area contributed by atoms with E-state index < -0.39 is 0 Å². The van der Waals surface area contributed by atoms with Crippen LogP contribution in [0.2, 0.25) is 0 Å². The van der Waals surface area contributed by atoms with Crippen molar-refractivity contribution in [1.29, 1.82) is 0 Å². The van der Waals surface area contributed by atoms with Gasteiger partial charge >= 0.3 is 0 Å². The number of hydrogen-bond donors (Lipinski definition) is 2. The number of nitrogens with two attached hydrogens (primary N) is 1. The minimum atomic E-state index is 0.197. The molecule has 13 heavy (non-hydrogen) atoms. The van der Waals surface area contributed by atoms with Gasteiger partial charge in [0.2, 0.25) is 0 Å². The van der Waals surface area contributed by atoms with E-state index >= 15 is 0 Å². The van der Waals surface area contributed by atoms with Gasteiger partial charge in [-0.1, -0.05) is 0 Å². The van der Waals surface area contributed by atoms with Crippen LogP contribution in [0, 0.1) is 19.3 Å². The number of rotatable bonds is 4. The van der Waals surface area contributed by atoms with Gasteiger partial charge < -0.3 is 0 Å². The quantitative estimate of drug-likeness (QED) is 0.437. The average molecular weight is 194 g/mol. The summed E-state index contributed by atoms with van der Waals surface area (Å²) >= 11 is 1.70. The molecule has 1 rings (SSSR count). The van der Waals surface area contributed by atoms with Gasteiger partial charge in [-0.15, -0.1) is 12.3 Å². The topological polar surface area (TPSA) is 38.0 Å². The van der Waals surface area contributed by atoms with Crippen LogP contribution in [0.5, 0.6) is 0 Å². The molecular weight excluding hydrogens is 180 g/mol. The zero-order valence-corrected chi connectivity index (χ0v) is 8.53. The molecule has 0 saturated heterocycles. The largest absolute Gasteiger partial charge is 0.271 e. The summed E-state index contributed by atoms with van der Waals surface area (Å²) in [5.74, 6) is 8.08. The second kappa shape index (κ2) is 5.03. The number of hydrogen-bond acceptors (Lipinski definition) is 3. The van der Waals surface area contributed by atoms with Crippen molar-refractivity contribution in [1.82, 2.24) is 5.43 Å². The first-order valence-corrected chi connectivity index (χ1v) is 5.16. The van der Waals surface area contributed by atoms with E-state index in [4.69, 9.17) is 12.3 Å². The summed E-state index contributed by atoms with van der Waals surface area (Å²) in [5.41, 5.74) is 5.34. The lowest BCUT2D eigenvalue weighted by Gasteiger charge is -2.14. The molecule has 1 aromatic heterocycles. The van der Waals surface area contributed by atoms with Crippen molar-refractivity contribution >= 4 is 11.3 Å². The highest BCUT2D eigenvalue weighted by Gasteiger charge is 2.11. The summed E-state index contributed by atoms with van der Waals surface area (Å²) in [6, 6.07) is 0.197. The number of thiophene rings is 1. The Morgan fingerprint density at radius 2 is 2.46 bits per heavy atom. The van der Waals surface area contributed by atoms with E-state index in [1.165, 1.54) is 11.1 Å². The molecule has 1 heterocycles. The van der Waals surface area contributed by atoms with Crippen molar-refractivity contribution in [3.63, 3.8) is 0 Å². The number of terminal acetylenes is 1. The molecule has 1 unspecified atom stereocenters. The summed E-state index contributed by atoms with van der Waals surface area (Å²) in [4.78, 5) is 0. The molecule has 0 aliphatic heterocycles. The maximum atomic E-state index is 5.46. The molecule has 0 bridgehead atoms. The first-order valence-electron chi connectivity index (χ1n) is 4.22. The Bertz CT molecular complexity index is 298. The fourth-order valence-corrected chi connectivity index (χ4v) is 2.19. The Morgan fingerprint density at radius 3 is 2.92 bits per heavy atom. The van der Waals surface area contributed by atoms with E-state index in [2.05, 4.69) is 29.0 Å². The molecule has 70 valence electrons. The highest BCUT2D eigenvalue weighted by molar-refractivity contribution is 7.08. The number of hydrazine groups is 1. The Hall–Kier alpha value is -0.820. The van der Waals surface area contributed by atoms with Crippen molar-refractivity contribution in [3.05, 3.63) is 21.9 Å². The van der Waals surface area contributed by atoms with Crippen molar-refractivity contribution in [2.75, 3.05) is 0 Å². The minimum Gasteiger partial charge on any atom is -0.271 e. The van der Waals surface area contributed by atoms with Crippen LogP contribution in [0.25, 0.3) is 0 Å². The lowest BCUT2D eigenvalue weighted by atomic mass is 10.0. The van der Waals surface area contributed by atoms with Gasteiger partial charge in [0.1, 0.15) is 0 Å². The third kappa shape index (κ3) is 2.56. The van der Waals surface area contributed by atoms with E-state index in [1.54, 1.807) is 11.3 Å². The summed E-state index contributed by atoms with van der Waals surface area (Å²) in [6.45, 7) is 2.09. The zero-order valence-electron chi connectivity index (χ0n) is 7.71. The Labute approximate surface area is 83.1 Å². The number of aryl methyl sites for hydroxylation is 1. The van der Waals surface area contributed by atoms with Crippen LogP contribution in [0.1, 0.15) is 30.0 Å². The summed E-state index contributed by atoms with van der Waals surface area (Å²) < 4.78 is 0. The second-order valence-electron chi connectivity index (χ2n) is 2.97.